The van der Waals surface area contributed by atoms with Crippen LogP contribution in [0, 0.1) is 5.82 Å². The molecule has 0 fully saturated rings. The van der Waals surface area contributed by atoms with Crippen molar-refractivity contribution in [2.45, 2.75) is 45.8 Å². The fourth-order valence-electron chi connectivity index (χ4n) is 1.88. The van der Waals surface area contributed by atoms with Crippen LogP contribution in [0.3, 0.4) is 0 Å². The zero-order valence-corrected chi connectivity index (χ0v) is 16.2. The van der Waals surface area contributed by atoms with Gasteiger partial charge in [-0.05, 0) is 45.9 Å². The summed E-state index contributed by atoms with van der Waals surface area (Å²) in [6.07, 6.45) is -0.663. The lowest BCUT2D eigenvalue weighted by molar-refractivity contribution is -0.109. The molecule has 0 heterocycles. The monoisotopic (exact) mass is 405 g/mol. The molecule has 0 aliphatic heterocycles. The highest BCUT2D eigenvalue weighted by Gasteiger charge is 2.34. The van der Waals surface area contributed by atoms with Crippen molar-refractivity contribution in [3.63, 3.8) is 0 Å². The minimum atomic E-state index is -1.09. The van der Waals surface area contributed by atoms with Gasteiger partial charge in [-0.25, -0.2) is 9.18 Å². The first-order valence-electron chi connectivity index (χ1n) is 7.03. The number of hydrogen-bond donors (Lipinski definition) is 1. The van der Waals surface area contributed by atoms with Crippen LogP contribution in [0.1, 0.15) is 40.2 Å². The number of alkyl carbamates (subject to hydrolysis) is 1. The maximum absolute atomic E-state index is 14.3. The Morgan fingerprint density at radius 3 is 2.43 bits per heavy atom. The van der Waals surface area contributed by atoms with E-state index in [-0.39, 0.29) is 16.4 Å². The Balaban J connectivity index is 3.14. The van der Waals surface area contributed by atoms with E-state index in [2.05, 4.69) is 21.2 Å². The molecule has 1 N–H and O–H groups in total. The maximum Gasteiger partial charge on any atom is 0.408 e. The van der Waals surface area contributed by atoms with E-state index in [1.54, 1.807) is 39.8 Å². The third kappa shape index (κ3) is 6.51. The van der Waals surface area contributed by atoms with Gasteiger partial charge >= 0.3 is 6.09 Å². The average Bonchev–Trinajstić information content (AvgIpc) is 2.37. The Kier molecular flexibility index (Phi) is 6.65. The third-order valence-corrected chi connectivity index (χ3v) is 4.49. The smallest absolute Gasteiger partial charge is 0.408 e. The quantitative estimate of drug-likeness (QED) is 0.794. The van der Waals surface area contributed by atoms with Gasteiger partial charge in [0.15, 0.2) is 5.12 Å². The minimum absolute atomic E-state index is 0.113. The summed E-state index contributed by atoms with van der Waals surface area (Å²) in [6.45, 7) is 8.32. The summed E-state index contributed by atoms with van der Waals surface area (Å²) in [5.41, 5.74) is -1.48. The van der Waals surface area contributed by atoms with Gasteiger partial charge in [0.1, 0.15) is 11.4 Å². The van der Waals surface area contributed by atoms with E-state index in [0.29, 0.717) is 4.47 Å². The SMILES string of the molecule is CC(=O)SC[C@](C)(NC(=O)OC(C)(C)C)c1cc(Br)ccc1F. The van der Waals surface area contributed by atoms with Gasteiger partial charge in [-0.2, -0.15) is 0 Å². The topological polar surface area (TPSA) is 55.4 Å². The van der Waals surface area contributed by atoms with E-state index in [4.69, 9.17) is 4.74 Å². The number of nitrogens with one attached hydrogen (secondary N) is 1. The van der Waals surface area contributed by atoms with E-state index >= 15 is 0 Å². The van der Waals surface area contributed by atoms with Crippen molar-refractivity contribution in [2.75, 3.05) is 5.75 Å². The van der Waals surface area contributed by atoms with Crippen molar-refractivity contribution < 1.29 is 18.7 Å². The summed E-state index contributed by atoms with van der Waals surface area (Å²) in [7, 11) is 0. The number of halogens is 2. The Bertz CT molecular complexity index is 603. The molecule has 4 nitrogen and oxygen atoms in total. The summed E-state index contributed by atoms with van der Waals surface area (Å²) in [4.78, 5) is 23.4. The number of carbonyl (C=O) groups excluding carboxylic acids is 2. The second-order valence-electron chi connectivity index (χ2n) is 6.36. The number of benzene rings is 1. The van der Waals surface area contributed by atoms with Gasteiger partial charge in [-0.3, -0.25) is 4.79 Å². The zero-order chi connectivity index (χ0) is 17.8. The number of thioether (sulfide) groups is 1. The van der Waals surface area contributed by atoms with E-state index in [9.17, 15) is 14.0 Å². The molecule has 0 saturated heterocycles. The lowest BCUT2D eigenvalue weighted by Crippen LogP contribution is -2.48. The fraction of sp³-hybridized carbons (Fsp3) is 0.500. The molecule has 0 spiro atoms. The zero-order valence-electron chi connectivity index (χ0n) is 13.8. The lowest BCUT2D eigenvalue weighted by Gasteiger charge is -2.32. The second kappa shape index (κ2) is 7.66. The van der Waals surface area contributed by atoms with E-state index in [1.807, 2.05) is 0 Å². The molecule has 1 atom stereocenters. The highest BCUT2D eigenvalue weighted by molar-refractivity contribution is 9.10. The Morgan fingerprint density at radius 1 is 1.30 bits per heavy atom. The molecule has 0 aliphatic rings. The number of carbonyl (C=O) groups is 2. The van der Waals surface area contributed by atoms with Crippen LogP contribution < -0.4 is 5.32 Å². The minimum Gasteiger partial charge on any atom is -0.444 e. The third-order valence-electron chi connectivity index (χ3n) is 2.86. The predicted molar refractivity (Wildman–Crippen MR) is 94.0 cm³/mol. The molecule has 1 aromatic carbocycles. The van der Waals surface area contributed by atoms with E-state index in [0.717, 1.165) is 11.8 Å². The summed E-state index contributed by atoms with van der Waals surface area (Å²) >= 11 is 4.32. The van der Waals surface area contributed by atoms with Crippen LogP contribution in [0.15, 0.2) is 22.7 Å². The first kappa shape index (κ1) is 20.0. The Morgan fingerprint density at radius 2 is 1.91 bits per heavy atom. The molecule has 0 unspecified atom stereocenters. The van der Waals surface area contributed by atoms with Gasteiger partial charge in [0.2, 0.25) is 0 Å². The van der Waals surface area contributed by atoms with Crippen molar-refractivity contribution in [3.05, 3.63) is 34.1 Å². The van der Waals surface area contributed by atoms with Crippen LogP contribution in [0.25, 0.3) is 0 Å². The molecule has 1 amide bonds. The molecule has 0 aromatic heterocycles. The van der Waals surface area contributed by atoms with Gasteiger partial charge in [-0.15, -0.1) is 0 Å². The molecule has 128 valence electrons. The molecular formula is C16H21BrFNO3S. The second-order valence-corrected chi connectivity index (χ2v) is 8.43. The molecular weight excluding hydrogens is 385 g/mol. The lowest BCUT2D eigenvalue weighted by atomic mass is 9.93. The number of hydrogen-bond acceptors (Lipinski definition) is 4. The molecule has 0 radical (unpaired) electrons. The summed E-state index contributed by atoms with van der Waals surface area (Å²) in [5.74, 6) is -0.273. The van der Waals surface area contributed by atoms with Crippen LogP contribution in [-0.2, 0) is 15.1 Å². The van der Waals surface area contributed by atoms with Crippen LogP contribution in [0.5, 0.6) is 0 Å². The largest absolute Gasteiger partial charge is 0.444 e. The van der Waals surface area contributed by atoms with Gasteiger partial charge in [-0.1, -0.05) is 27.7 Å². The number of amides is 1. The van der Waals surface area contributed by atoms with E-state index in [1.165, 1.54) is 13.0 Å². The van der Waals surface area contributed by atoms with Crippen molar-refractivity contribution in [2.24, 2.45) is 0 Å². The highest BCUT2D eigenvalue weighted by atomic mass is 79.9. The van der Waals surface area contributed by atoms with Gasteiger partial charge < -0.3 is 10.1 Å². The van der Waals surface area contributed by atoms with Crippen molar-refractivity contribution in [1.82, 2.24) is 5.32 Å². The Hall–Kier alpha value is -1.08. The van der Waals surface area contributed by atoms with Crippen molar-refractivity contribution >= 4 is 38.9 Å². The number of rotatable bonds is 4. The first-order valence-corrected chi connectivity index (χ1v) is 8.81. The molecule has 7 heteroatoms. The summed E-state index contributed by atoms with van der Waals surface area (Å²) < 4.78 is 20.2. The summed E-state index contributed by atoms with van der Waals surface area (Å²) in [5, 5.41) is 2.58. The number of ether oxygens (including phenoxy) is 1. The van der Waals surface area contributed by atoms with Crippen LogP contribution >= 0.6 is 27.7 Å². The maximum atomic E-state index is 14.3. The van der Waals surface area contributed by atoms with Crippen LogP contribution in [-0.4, -0.2) is 22.6 Å². The fourth-order valence-corrected chi connectivity index (χ4v) is 2.96. The highest BCUT2D eigenvalue weighted by Crippen LogP contribution is 2.30. The first-order chi connectivity index (χ1) is 10.4. The molecule has 0 saturated carbocycles. The predicted octanol–water partition coefficient (Wildman–Crippen LogP) is 4.61. The molecule has 23 heavy (non-hydrogen) atoms. The average molecular weight is 406 g/mol. The van der Waals surface area contributed by atoms with Crippen LogP contribution in [0.4, 0.5) is 9.18 Å². The van der Waals surface area contributed by atoms with Crippen molar-refractivity contribution in [3.8, 4) is 0 Å². The Labute approximate surface area is 148 Å². The molecule has 0 bridgehead atoms. The standard InChI is InChI=1S/C16H21BrFNO3S/c1-10(20)23-9-16(5,19-14(21)22-15(2,3)4)12-8-11(17)6-7-13(12)18/h6-8H,9H2,1-5H3,(H,19,21)/t16-/m0/s1. The molecule has 1 rings (SSSR count). The van der Waals surface area contributed by atoms with Crippen molar-refractivity contribution in [1.29, 1.82) is 0 Å². The van der Waals surface area contributed by atoms with Gasteiger partial charge in [0.25, 0.3) is 0 Å². The normalized spacial score (nSPS) is 14.0. The molecule has 1 aromatic rings. The molecule has 0 aliphatic carbocycles. The van der Waals surface area contributed by atoms with E-state index < -0.39 is 23.1 Å². The van der Waals surface area contributed by atoms with Crippen LogP contribution in [0.2, 0.25) is 0 Å². The van der Waals surface area contributed by atoms with Gasteiger partial charge in [0.05, 0.1) is 5.54 Å². The van der Waals surface area contributed by atoms with Gasteiger partial charge in [0, 0.05) is 22.7 Å². The summed E-state index contributed by atoms with van der Waals surface area (Å²) in [6, 6.07) is 4.48.